The summed E-state index contributed by atoms with van der Waals surface area (Å²) < 4.78 is 31.6. The van der Waals surface area contributed by atoms with Crippen molar-refractivity contribution < 1.29 is 12.8 Å². The minimum absolute atomic E-state index is 0.0310. The molecule has 0 aliphatic rings. The van der Waals surface area contributed by atoms with Crippen molar-refractivity contribution in [3.05, 3.63) is 45.1 Å². The molecule has 20 heavy (non-hydrogen) atoms. The zero-order valence-electron chi connectivity index (χ0n) is 9.86. The lowest BCUT2D eigenvalue weighted by molar-refractivity contribution is 0.417. The molecule has 0 radical (unpaired) electrons. The molecular weight excluding hydrogens is 347 g/mol. The third-order valence-electron chi connectivity index (χ3n) is 2.35. The minimum Gasteiger partial charge on any atom is -0.446 e. The van der Waals surface area contributed by atoms with Crippen LogP contribution in [0.15, 0.2) is 33.8 Å². The van der Waals surface area contributed by atoms with Crippen LogP contribution in [0, 0.1) is 0 Å². The number of halogens is 3. The maximum atomic E-state index is 12.1. The average molecular weight is 356 g/mol. The maximum Gasteiger partial charge on any atom is 0.295 e. The second-order valence-electron chi connectivity index (χ2n) is 3.77. The van der Waals surface area contributed by atoms with Crippen LogP contribution in [0.3, 0.4) is 0 Å². The summed E-state index contributed by atoms with van der Waals surface area (Å²) in [5.41, 5.74) is 5.39. The fourth-order valence-electron chi connectivity index (χ4n) is 1.44. The molecule has 0 fully saturated rings. The molecule has 0 saturated heterocycles. The first kappa shape index (κ1) is 15.5. The Morgan fingerprint density at radius 1 is 1.15 bits per heavy atom. The molecule has 0 atom stereocenters. The third kappa shape index (κ3) is 3.21. The number of furan rings is 1. The summed E-state index contributed by atoms with van der Waals surface area (Å²) in [5.74, 6) is 0.346. The second-order valence-corrected chi connectivity index (χ2v) is 6.64. The van der Waals surface area contributed by atoms with E-state index in [-0.39, 0.29) is 27.4 Å². The molecule has 0 bridgehead atoms. The van der Waals surface area contributed by atoms with Gasteiger partial charge in [-0.05, 0) is 24.3 Å². The highest BCUT2D eigenvalue weighted by Gasteiger charge is 2.21. The molecule has 1 heterocycles. The predicted molar refractivity (Wildman–Crippen MR) is 78.9 cm³/mol. The number of nitrogens with two attached hydrogens (primary N) is 1. The van der Waals surface area contributed by atoms with E-state index in [9.17, 15) is 8.42 Å². The van der Waals surface area contributed by atoms with Crippen LogP contribution in [0.1, 0.15) is 5.76 Å². The standard InChI is InChI=1S/C11H9Cl3N2O3S/c12-6-3-8(13)11(9(14)4-6)16-20(17,18)10-2-1-7(5-15)19-10/h1-4,16H,5,15H2. The predicted octanol–water partition coefficient (Wildman–Crippen LogP) is 3.50. The summed E-state index contributed by atoms with van der Waals surface area (Å²) in [7, 11) is -3.94. The van der Waals surface area contributed by atoms with Crippen LogP contribution in [-0.4, -0.2) is 8.42 Å². The number of benzene rings is 1. The summed E-state index contributed by atoms with van der Waals surface area (Å²) in [6.07, 6.45) is 0. The van der Waals surface area contributed by atoms with Crippen LogP contribution in [0.5, 0.6) is 0 Å². The van der Waals surface area contributed by atoms with E-state index in [0.29, 0.717) is 10.8 Å². The van der Waals surface area contributed by atoms with Gasteiger partial charge in [-0.15, -0.1) is 0 Å². The van der Waals surface area contributed by atoms with E-state index in [1.54, 1.807) is 0 Å². The van der Waals surface area contributed by atoms with E-state index >= 15 is 0 Å². The zero-order valence-corrected chi connectivity index (χ0v) is 12.9. The van der Waals surface area contributed by atoms with Crippen LogP contribution >= 0.6 is 34.8 Å². The van der Waals surface area contributed by atoms with Crippen molar-refractivity contribution in [3.8, 4) is 0 Å². The Balaban J connectivity index is 2.38. The van der Waals surface area contributed by atoms with Gasteiger partial charge in [-0.3, -0.25) is 4.72 Å². The minimum atomic E-state index is -3.94. The number of hydrogen-bond acceptors (Lipinski definition) is 4. The van der Waals surface area contributed by atoms with Gasteiger partial charge in [0, 0.05) is 5.02 Å². The molecule has 3 N–H and O–H groups in total. The lowest BCUT2D eigenvalue weighted by atomic mass is 10.3. The summed E-state index contributed by atoms with van der Waals surface area (Å²) >= 11 is 17.6. The average Bonchev–Trinajstić information content (AvgIpc) is 2.83. The SMILES string of the molecule is NCc1ccc(S(=O)(=O)Nc2c(Cl)cc(Cl)cc2Cl)o1. The topological polar surface area (TPSA) is 85.3 Å². The van der Waals surface area contributed by atoms with Gasteiger partial charge in [0.15, 0.2) is 0 Å². The molecule has 0 spiro atoms. The number of anilines is 1. The molecule has 0 aliphatic heterocycles. The number of hydrogen-bond donors (Lipinski definition) is 2. The van der Waals surface area contributed by atoms with Gasteiger partial charge in [-0.1, -0.05) is 34.8 Å². The highest BCUT2D eigenvalue weighted by molar-refractivity contribution is 7.92. The molecule has 1 aromatic carbocycles. The molecule has 0 saturated carbocycles. The molecule has 0 aliphatic carbocycles. The monoisotopic (exact) mass is 354 g/mol. The van der Waals surface area contributed by atoms with Gasteiger partial charge < -0.3 is 10.2 Å². The van der Waals surface area contributed by atoms with E-state index < -0.39 is 10.0 Å². The van der Waals surface area contributed by atoms with Gasteiger partial charge in [-0.25, -0.2) is 0 Å². The zero-order chi connectivity index (χ0) is 14.9. The molecule has 2 aromatic rings. The molecule has 0 unspecified atom stereocenters. The first-order valence-corrected chi connectivity index (χ1v) is 7.91. The Morgan fingerprint density at radius 2 is 1.75 bits per heavy atom. The maximum absolute atomic E-state index is 12.1. The van der Waals surface area contributed by atoms with Crippen molar-refractivity contribution in [2.24, 2.45) is 5.73 Å². The van der Waals surface area contributed by atoms with Crippen LogP contribution < -0.4 is 10.5 Å². The van der Waals surface area contributed by atoms with Crippen molar-refractivity contribution in [1.82, 2.24) is 0 Å². The number of nitrogens with one attached hydrogen (secondary N) is 1. The molecule has 9 heteroatoms. The Bertz CT molecular complexity index is 720. The molecule has 0 amide bonds. The Morgan fingerprint density at radius 3 is 2.25 bits per heavy atom. The van der Waals surface area contributed by atoms with Gasteiger partial charge in [-0.2, -0.15) is 8.42 Å². The first-order valence-electron chi connectivity index (χ1n) is 5.29. The number of sulfonamides is 1. The molecule has 108 valence electrons. The highest BCUT2D eigenvalue weighted by atomic mass is 35.5. The molecular formula is C11H9Cl3N2O3S. The van der Waals surface area contributed by atoms with E-state index in [1.165, 1.54) is 24.3 Å². The summed E-state index contributed by atoms with van der Waals surface area (Å²) in [5, 5.41) is 0.180. The Hall–Kier alpha value is -0.920. The van der Waals surface area contributed by atoms with E-state index in [0.717, 1.165) is 0 Å². The smallest absolute Gasteiger partial charge is 0.295 e. The molecule has 1 aromatic heterocycles. The normalized spacial score (nSPS) is 11.6. The van der Waals surface area contributed by atoms with E-state index in [2.05, 4.69) is 4.72 Å². The lowest BCUT2D eigenvalue weighted by Gasteiger charge is -2.10. The fourth-order valence-corrected chi connectivity index (χ4v) is 3.51. The van der Waals surface area contributed by atoms with E-state index in [1.807, 2.05) is 0 Å². The lowest BCUT2D eigenvalue weighted by Crippen LogP contribution is -2.13. The van der Waals surface area contributed by atoms with Gasteiger partial charge in [0.2, 0.25) is 5.09 Å². The van der Waals surface area contributed by atoms with Crippen molar-refractivity contribution >= 4 is 50.5 Å². The van der Waals surface area contributed by atoms with Crippen LogP contribution in [0.4, 0.5) is 5.69 Å². The van der Waals surface area contributed by atoms with E-state index in [4.69, 9.17) is 45.0 Å². The van der Waals surface area contributed by atoms with Crippen molar-refractivity contribution in [1.29, 1.82) is 0 Å². The number of rotatable bonds is 4. The van der Waals surface area contributed by atoms with Crippen molar-refractivity contribution in [2.45, 2.75) is 11.6 Å². The second kappa shape index (κ2) is 5.83. The van der Waals surface area contributed by atoms with Crippen LogP contribution in [0.2, 0.25) is 15.1 Å². The van der Waals surface area contributed by atoms with Crippen LogP contribution in [0.25, 0.3) is 0 Å². The first-order chi connectivity index (χ1) is 9.33. The van der Waals surface area contributed by atoms with Gasteiger partial charge >= 0.3 is 0 Å². The summed E-state index contributed by atoms with van der Waals surface area (Å²) in [6.45, 7) is 0.0952. The van der Waals surface area contributed by atoms with Gasteiger partial charge in [0.05, 0.1) is 22.3 Å². The summed E-state index contributed by atoms with van der Waals surface area (Å²) in [4.78, 5) is 0. The largest absolute Gasteiger partial charge is 0.446 e. The Kier molecular flexibility index (Phi) is 4.51. The third-order valence-corrected chi connectivity index (χ3v) is 4.38. The molecule has 2 rings (SSSR count). The highest BCUT2D eigenvalue weighted by Crippen LogP contribution is 2.35. The van der Waals surface area contributed by atoms with Gasteiger partial charge in [0.1, 0.15) is 5.76 Å². The summed E-state index contributed by atoms with van der Waals surface area (Å²) in [6, 6.07) is 5.52. The molecule has 5 nitrogen and oxygen atoms in total. The van der Waals surface area contributed by atoms with Gasteiger partial charge in [0.25, 0.3) is 10.0 Å². The fraction of sp³-hybridized carbons (Fsp3) is 0.0909. The van der Waals surface area contributed by atoms with Crippen molar-refractivity contribution in [3.63, 3.8) is 0 Å². The van der Waals surface area contributed by atoms with Crippen LogP contribution in [-0.2, 0) is 16.6 Å². The Labute approximate surface area is 130 Å². The quantitative estimate of drug-likeness (QED) is 0.879. The van der Waals surface area contributed by atoms with Crippen molar-refractivity contribution in [2.75, 3.05) is 4.72 Å².